The van der Waals surface area contributed by atoms with Crippen LogP contribution in [-0.2, 0) is 0 Å². The Bertz CT molecular complexity index is 506. The number of alkyl halides is 3. The number of aromatic nitrogens is 1. The van der Waals surface area contributed by atoms with Crippen molar-refractivity contribution >= 4 is 0 Å². The third kappa shape index (κ3) is 4.27. The van der Waals surface area contributed by atoms with Crippen molar-refractivity contribution < 1.29 is 18.3 Å². The standard InChI is InChI=1S/C15H15F3N2O/c16-15(17,18)13(21)10-20-14(11-6-2-1-3-7-11)12-8-4-5-9-19-12/h1-9,13-14,20-21H,10H2. The van der Waals surface area contributed by atoms with Crippen molar-refractivity contribution in [3.63, 3.8) is 0 Å². The molecule has 0 aliphatic rings. The van der Waals surface area contributed by atoms with Crippen molar-refractivity contribution in [3.05, 3.63) is 66.0 Å². The first kappa shape index (κ1) is 15.5. The monoisotopic (exact) mass is 296 g/mol. The van der Waals surface area contributed by atoms with Crippen LogP contribution in [0.4, 0.5) is 13.2 Å². The van der Waals surface area contributed by atoms with E-state index in [-0.39, 0.29) is 0 Å². The van der Waals surface area contributed by atoms with Crippen LogP contribution in [0.1, 0.15) is 17.3 Å². The molecule has 0 aliphatic carbocycles. The van der Waals surface area contributed by atoms with E-state index in [2.05, 4.69) is 10.3 Å². The molecule has 0 radical (unpaired) electrons. The van der Waals surface area contributed by atoms with Gasteiger partial charge >= 0.3 is 6.18 Å². The van der Waals surface area contributed by atoms with Crippen LogP contribution in [-0.4, -0.2) is 28.9 Å². The third-order valence-corrected chi connectivity index (χ3v) is 3.01. The van der Waals surface area contributed by atoms with Crippen LogP contribution in [0.2, 0.25) is 0 Å². The maximum absolute atomic E-state index is 12.4. The second kappa shape index (κ2) is 6.69. The highest BCUT2D eigenvalue weighted by atomic mass is 19.4. The van der Waals surface area contributed by atoms with Gasteiger partial charge in [0.25, 0.3) is 0 Å². The Kier molecular flexibility index (Phi) is 4.93. The zero-order valence-electron chi connectivity index (χ0n) is 11.1. The number of halogens is 3. The van der Waals surface area contributed by atoms with Gasteiger partial charge in [-0.25, -0.2) is 0 Å². The number of hydrogen-bond donors (Lipinski definition) is 2. The average molecular weight is 296 g/mol. The number of aliphatic hydroxyl groups is 1. The molecular formula is C15H15F3N2O. The summed E-state index contributed by atoms with van der Waals surface area (Å²) in [5.41, 5.74) is 1.38. The largest absolute Gasteiger partial charge is 0.415 e. The predicted molar refractivity (Wildman–Crippen MR) is 72.6 cm³/mol. The summed E-state index contributed by atoms with van der Waals surface area (Å²) in [4.78, 5) is 4.17. The van der Waals surface area contributed by atoms with Gasteiger partial charge < -0.3 is 10.4 Å². The smallest absolute Gasteiger partial charge is 0.382 e. The molecule has 0 spiro atoms. The molecule has 1 heterocycles. The molecule has 2 unspecified atom stereocenters. The second-order valence-corrected chi connectivity index (χ2v) is 4.56. The van der Waals surface area contributed by atoms with Gasteiger partial charge in [-0.15, -0.1) is 0 Å². The van der Waals surface area contributed by atoms with Gasteiger partial charge in [0.1, 0.15) is 0 Å². The molecule has 0 saturated heterocycles. The summed E-state index contributed by atoms with van der Waals surface area (Å²) in [5, 5.41) is 11.8. The van der Waals surface area contributed by atoms with Crippen LogP contribution in [0, 0.1) is 0 Å². The lowest BCUT2D eigenvalue weighted by Crippen LogP contribution is -2.40. The van der Waals surface area contributed by atoms with Crippen LogP contribution < -0.4 is 5.32 Å². The number of hydrogen-bond acceptors (Lipinski definition) is 3. The van der Waals surface area contributed by atoms with Crippen LogP contribution >= 0.6 is 0 Å². The minimum atomic E-state index is -4.64. The van der Waals surface area contributed by atoms with Gasteiger partial charge in [0, 0.05) is 12.7 Å². The van der Waals surface area contributed by atoms with Crippen molar-refractivity contribution in [2.75, 3.05) is 6.54 Å². The van der Waals surface area contributed by atoms with Crippen LogP contribution in [0.15, 0.2) is 54.7 Å². The summed E-state index contributed by atoms with van der Waals surface area (Å²) < 4.78 is 37.2. The van der Waals surface area contributed by atoms with E-state index in [0.29, 0.717) is 5.69 Å². The molecule has 112 valence electrons. The first-order valence-electron chi connectivity index (χ1n) is 6.42. The quantitative estimate of drug-likeness (QED) is 0.891. The lowest BCUT2D eigenvalue weighted by atomic mass is 10.0. The second-order valence-electron chi connectivity index (χ2n) is 4.56. The van der Waals surface area contributed by atoms with Crippen molar-refractivity contribution in [1.29, 1.82) is 0 Å². The number of nitrogens with one attached hydrogen (secondary N) is 1. The zero-order chi connectivity index (χ0) is 15.3. The fourth-order valence-electron chi connectivity index (χ4n) is 1.93. The normalized spacial score (nSPS) is 14.7. The third-order valence-electron chi connectivity index (χ3n) is 3.01. The molecule has 0 aliphatic heterocycles. The molecule has 1 aromatic carbocycles. The van der Waals surface area contributed by atoms with E-state index < -0.39 is 24.9 Å². The van der Waals surface area contributed by atoms with Gasteiger partial charge in [0.05, 0.1) is 11.7 Å². The number of benzene rings is 1. The molecule has 6 heteroatoms. The van der Waals surface area contributed by atoms with E-state index in [9.17, 15) is 13.2 Å². The Morgan fingerprint density at radius 2 is 1.71 bits per heavy atom. The molecule has 3 nitrogen and oxygen atoms in total. The van der Waals surface area contributed by atoms with Gasteiger partial charge in [-0.05, 0) is 17.7 Å². The fourth-order valence-corrected chi connectivity index (χ4v) is 1.93. The minimum absolute atomic E-state index is 0.510. The number of nitrogens with zero attached hydrogens (tertiary/aromatic N) is 1. The Labute approximate surface area is 120 Å². The van der Waals surface area contributed by atoms with Gasteiger partial charge in [-0.1, -0.05) is 36.4 Å². The maximum atomic E-state index is 12.4. The van der Waals surface area contributed by atoms with E-state index in [1.807, 2.05) is 6.07 Å². The topological polar surface area (TPSA) is 45.1 Å². The number of aliphatic hydroxyl groups excluding tert-OH is 1. The molecule has 2 aromatic rings. The van der Waals surface area contributed by atoms with Crippen LogP contribution in [0.3, 0.4) is 0 Å². The van der Waals surface area contributed by atoms with Crippen molar-refractivity contribution in [2.45, 2.75) is 18.3 Å². The van der Waals surface area contributed by atoms with Gasteiger partial charge in [-0.3, -0.25) is 4.98 Å². The summed E-state index contributed by atoms with van der Waals surface area (Å²) >= 11 is 0. The van der Waals surface area contributed by atoms with E-state index in [1.165, 1.54) is 0 Å². The Hall–Kier alpha value is -1.92. The summed E-state index contributed by atoms with van der Waals surface area (Å²) in [6.07, 6.45) is -5.47. The highest BCUT2D eigenvalue weighted by Gasteiger charge is 2.38. The molecule has 0 amide bonds. The van der Waals surface area contributed by atoms with Crippen molar-refractivity contribution in [1.82, 2.24) is 10.3 Å². The highest BCUT2D eigenvalue weighted by Crippen LogP contribution is 2.23. The molecule has 2 atom stereocenters. The lowest BCUT2D eigenvalue weighted by molar-refractivity contribution is -0.202. The summed E-state index contributed by atoms with van der Waals surface area (Å²) in [5.74, 6) is 0. The Morgan fingerprint density at radius 3 is 2.29 bits per heavy atom. The van der Waals surface area contributed by atoms with Gasteiger partial charge in [0.15, 0.2) is 6.10 Å². The minimum Gasteiger partial charge on any atom is -0.382 e. The Morgan fingerprint density at radius 1 is 1.05 bits per heavy atom. The van der Waals surface area contributed by atoms with Crippen LogP contribution in [0.5, 0.6) is 0 Å². The number of pyridine rings is 1. The van der Waals surface area contributed by atoms with E-state index in [0.717, 1.165) is 5.56 Å². The predicted octanol–water partition coefficient (Wildman–Crippen LogP) is 2.68. The molecule has 0 fully saturated rings. The lowest BCUT2D eigenvalue weighted by Gasteiger charge is -2.22. The van der Waals surface area contributed by atoms with E-state index in [1.54, 1.807) is 48.7 Å². The van der Waals surface area contributed by atoms with Crippen molar-refractivity contribution in [2.24, 2.45) is 0 Å². The summed E-state index contributed by atoms with van der Waals surface area (Å²) in [6.45, 7) is -0.598. The highest BCUT2D eigenvalue weighted by molar-refractivity contribution is 5.27. The molecule has 0 saturated carbocycles. The molecule has 1 aromatic heterocycles. The van der Waals surface area contributed by atoms with Crippen molar-refractivity contribution in [3.8, 4) is 0 Å². The summed E-state index contributed by atoms with van der Waals surface area (Å²) in [7, 11) is 0. The molecular weight excluding hydrogens is 281 g/mol. The molecule has 2 rings (SSSR count). The molecule has 21 heavy (non-hydrogen) atoms. The summed E-state index contributed by atoms with van der Waals surface area (Å²) in [6, 6.07) is 13.7. The average Bonchev–Trinajstić information content (AvgIpc) is 2.48. The SMILES string of the molecule is OC(CNC(c1ccccc1)c1ccccn1)C(F)(F)F. The van der Waals surface area contributed by atoms with Gasteiger partial charge in [-0.2, -0.15) is 13.2 Å². The molecule has 2 N–H and O–H groups in total. The first-order chi connectivity index (χ1) is 9.98. The van der Waals surface area contributed by atoms with E-state index in [4.69, 9.17) is 5.11 Å². The Balaban J connectivity index is 2.18. The number of rotatable bonds is 5. The fraction of sp³-hybridized carbons (Fsp3) is 0.267. The van der Waals surface area contributed by atoms with E-state index >= 15 is 0 Å². The van der Waals surface area contributed by atoms with Crippen LogP contribution in [0.25, 0.3) is 0 Å². The van der Waals surface area contributed by atoms with Gasteiger partial charge in [0.2, 0.25) is 0 Å². The maximum Gasteiger partial charge on any atom is 0.415 e. The first-order valence-corrected chi connectivity index (χ1v) is 6.42. The molecule has 0 bridgehead atoms. The zero-order valence-corrected chi connectivity index (χ0v) is 11.1.